The summed E-state index contributed by atoms with van der Waals surface area (Å²) in [6, 6.07) is 4.05. The number of methoxy groups -OCH3 is 1. The molecule has 1 aromatic carbocycles. The SMILES string of the molecule is COc1ccc(C(=O)NCC2(CO)CC2)cc1[N+](=O)[O-]. The molecule has 7 heteroatoms. The third-order valence-electron chi connectivity index (χ3n) is 3.55. The second-order valence-corrected chi connectivity index (χ2v) is 4.98. The van der Waals surface area contributed by atoms with Gasteiger partial charge in [-0.3, -0.25) is 14.9 Å². The number of hydrogen-bond donors (Lipinski definition) is 2. The number of nitrogens with one attached hydrogen (secondary N) is 1. The summed E-state index contributed by atoms with van der Waals surface area (Å²) in [5.41, 5.74) is -0.247. The van der Waals surface area contributed by atoms with Crippen molar-refractivity contribution in [3.63, 3.8) is 0 Å². The first-order valence-electron chi connectivity index (χ1n) is 6.23. The topological polar surface area (TPSA) is 102 Å². The molecule has 20 heavy (non-hydrogen) atoms. The van der Waals surface area contributed by atoms with Crippen LogP contribution in [0.2, 0.25) is 0 Å². The van der Waals surface area contributed by atoms with Gasteiger partial charge in [0.25, 0.3) is 5.91 Å². The van der Waals surface area contributed by atoms with E-state index in [-0.39, 0.29) is 29.0 Å². The van der Waals surface area contributed by atoms with Crippen LogP contribution in [-0.4, -0.2) is 36.2 Å². The summed E-state index contributed by atoms with van der Waals surface area (Å²) in [4.78, 5) is 22.3. The number of hydrogen-bond acceptors (Lipinski definition) is 5. The number of aliphatic hydroxyl groups excluding tert-OH is 1. The Labute approximate surface area is 115 Å². The molecule has 0 bridgehead atoms. The minimum absolute atomic E-state index is 0.0377. The summed E-state index contributed by atoms with van der Waals surface area (Å²) in [6.07, 6.45) is 1.76. The quantitative estimate of drug-likeness (QED) is 0.600. The van der Waals surface area contributed by atoms with Crippen LogP contribution in [0.5, 0.6) is 5.75 Å². The number of carbonyl (C=O) groups is 1. The maximum absolute atomic E-state index is 12.0. The molecule has 2 rings (SSSR count). The highest BCUT2D eigenvalue weighted by molar-refractivity contribution is 5.95. The average molecular weight is 280 g/mol. The number of amides is 1. The van der Waals surface area contributed by atoms with Crippen molar-refractivity contribution in [3.05, 3.63) is 33.9 Å². The van der Waals surface area contributed by atoms with Gasteiger partial charge >= 0.3 is 5.69 Å². The lowest BCUT2D eigenvalue weighted by Gasteiger charge is -2.12. The number of rotatable bonds is 6. The standard InChI is InChI=1S/C13H16N2O5/c1-20-11-3-2-9(6-10(11)15(18)19)12(17)14-7-13(8-16)4-5-13/h2-3,6,16H,4-5,7-8H2,1H3,(H,14,17). The fourth-order valence-corrected chi connectivity index (χ4v) is 1.91. The monoisotopic (exact) mass is 280 g/mol. The van der Waals surface area contributed by atoms with Crippen molar-refractivity contribution in [2.24, 2.45) is 5.41 Å². The second kappa shape index (κ2) is 5.46. The van der Waals surface area contributed by atoms with Gasteiger partial charge in [0.2, 0.25) is 0 Å². The van der Waals surface area contributed by atoms with Gasteiger partial charge in [0.05, 0.1) is 18.6 Å². The number of carbonyl (C=O) groups excluding carboxylic acids is 1. The number of ether oxygens (including phenoxy) is 1. The van der Waals surface area contributed by atoms with E-state index in [1.165, 1.54) is 25.3 Å². The lowest BCUT2D eigenvalue weighted by atomic mass is 10.1. The van der Waals surface area contributed by atoms with Crippen molar-refractivity contribution in [2.45, 2.75) is 12.8 Å². The molecule has 0 radical (unpaired) electrons. The van der Waals surface area contributed by atoms with Crippen molar-refractivity contribution >= 4 is 11.6 Å². The zero-order valence-corrected chi connectivity index (χ0v) is 11.1. The van der Waals surface area contributed by atoms with E-state index in [4.69, 9.17) is 9.84 Å². The molecule has 0 saturated heterocycles. The minimum atomic E-state index is -0.592. The summed E-state index contributed by atoms with van der Waals surface area (Å²) in [6.45, 7) is 0.415. The molecule has 1 fully saturated rings. The second-order valence-electron chi connectivity index (χ2n) is 4.98. The fraction of sp³-hybridized carbons (Fsp3) is 0.462. The van der Waals surface area contributed by atoms with Gasteiger partial charge in [0.1, 0.15) is 0 Å². The average Bonchev–Trinajstić information content (AvgIpc) is 3.24. The highest BCUT2D eigenvalue weighted by Gasteiger charge is 2.42. The fourth-order valence-electron chi connectivity index (χ4n) is 1.91. The number of benzene rings is 1. The molecule has 0 heterocycles. The van der Waals surface area contributed by atoms with Gasteiger partial charge < -0.3 is 15.2 Å². The summed E-state index contributed by atoms with van der Waals surface area (Å²) in [5, 5.41) is 22.8. The molecular formula is C13H16N2O5. The van der Waals surface area contributed by atoms with Gasteiger partial charge in [0.15, 0.2) is 5.75 Å². The predicted molar refractivity (Wildman–Crippen MR) is 70.7 cm³/mol. The van der Waals surface area contributed by atoms with Crippen LogP contribution in [0.3, 0.4) is 0 Å². The number of aliphatic hydroxyl groups is 1. The van der Waals surface area contributed by atoms with Gasteiger partial charge in [-0.05, 0) is 25.0 Å². The highest BCUT2D eigenvalue weighted by Crippen LogP contribution is 2.44. The first kappa shape index (κ1) is 14.3. The molecule has 2 N–H and O–H groups in total. The molecule has 0 spiro atoms. The van der Waals surface area contributed by atoms with E-state index in [0.29, 0.717) is 6.54 Å². The van der Waals surface area contributed by atoms with Crippen LogP contribution in [0.1, 0.15) is 23.2 Å². The van der Waals surface area contributed by atoms with Gasteiger partial charge in [-0.2, -0.15) is 0 Å². The Hall–Kier alpha value is -2.15. The van der Waals surface area contributed by atoms with Gasteiger partial charge in [-0.15, -0.1) is 0 Å². The molecule has 0 aromatic heterocycles. The van der Waals surface area contributed by atoms with Crippen LogP contribution in [0, 0.1) is 15.5 Å². The lowest BCUT2D eigenvalue weighted by molar-refractivity contribution is -0.385. The molecule has 1 amide bonds. The van der Waals surface area contributed by atoms with Crippen molar-refractivity contribution in [3.8, 4) is 5.75 Å². The van der Waals surface area contributed by atoms with E-state index in [0.717, 1.165) is 12.8 Å². The molecule has 108 valence electrons. The minimum Gasteiger partial charge on any atom is -0.490 e. The molecule has 1 saturated carbocycles. The number of nitrogens with zero attached hydrogens (tertiary/aromatic N) is 1. The van der Waals surface area contributed by atoms with Crippen LogP contribution < -0.4 is 10.1 Å². The Bertz CT molecular complexity index is 540. The highest BCUT2D eigenvalue weighted by atomic mass is 16.6. The first-order valence-corrected chi connectivity index (χ1v) is 6.23. The van der Waals surface area contributed by atoms with Crippen molar-refractivity contribution in [2.75, 3.05) is 20.3 Å². The summed E-state index contributed by atoms with van der Waals surface area (Å²) >= 11 is 0. The van der Waals surface area contributed by atoms with Crippen LogP contribution in [0.4, 0.5) is 5.69 Å². The van der Waals surface area contributed by atoms with Gasteiger partial charge in [-0.25, -0.2) is 0 Å². The molecular weight excluding hydrogens is 264 g/mol. The molecule has 0 atom stereocenters. The number of nitro benzene ring substituents is 1. The van der Waals surface area contributed by atoms with Crippen LogP contribution in [-0.2, 0) is 0 Å². The van der Waals surface area contributed by atoms with Gasteiger partial charge in [-0.1, -0.05) is 0 Å². The van der Waals surface area contributed by atoms with Crippen molar-refractivity contribution in [1.29, 1.82) is 0 Å². The Morgan fingerprint density at radius 3 is 2.75 bits per heavy atom. The zero-order chi connectivity index (χ0) is 14.8. The first-order chi connectivity index (χ1) is 9.51. The normalized spacial score (nSPS) is 15.5. The van der Waals surface area contributed by atoms with Crippen LogP contribution in [0.25, 0.3) is 0 Å². The third kappa shape index (κ3) is 2.88. The van der Waals surface area contributed by atoms with Crippen molar-refractivity contribution < 1.29 is 19.6 Å². The third-order valence-corrected chi connectivity index (χ3v) is 3.55. The summed E-state index contributed by atoms with van der Waals surface area (Å²) in [7, 11) is 1.33. The van der Waals surface area contributed by atoms with Gasteiger partial charge in [0, 0.05) is 23.6 Å². The molecule has 1 aromatic rings. The summed E-state index contributed by atoms with van der Waals surface area (Å²) < 4.78 is 4.88. The van der Waals surface area contributed by atoms with Crippen molar-refractivity contribution in [1.82, 2.24) is 5.32 Å². The van der Waals surface area contributed by atoms with Crippen LogP contribution >= 0.6 is 0 Å². The Balaban J connectivity index is 2.10. The zero-order valence-electron chi connectivity index (χ0n) is 11.1. The van der Waals surface area contributed by atoms with E-state index in [1.54, 1.807) is 0 Å². The lowest BCUT2D eigenvalue weighted by Crippen LogP contribution is -2.31. The van der Waals surface area contributed by atoms with E-state index in [9.17, 15) is 14.9 Å². The smallest absolute Gasteiger partial charge is 0.311 e. The maximum Gasteiger partial charge on any atom is 0.311 e. The Morgan fingerprint density at radius 1 is 1.55 bits per heavy atom. The molecule has 1 aliphatic carbocycles. The van der Waals surface area contributed by atoms with Crippen LogP contribution in [0.15, 0.2) is 18.2 Å². The summed E-state index contributed by atoms with van der Waals surface area (Å²) in [5.74, 6) is -0.281. The van der Waals surface area contributed by atoms with E-state index < -0.39 is 10.8 Å². The van der Waals surface area contributed by atoms with E-state index >= 15 is 0 Å². The Morgan fingerprint density at radius 2 is 2.25 bits per heavy atom. The number of nitro groups is 1. The Kier molecular flexibility index (Phi) is 3.89. The predicted octanol–water partition coefficient (Wildman–Crippen LogP) is 1.11. The molecule has 1 aliphatic rings. The largest absolute Gasteiger partial charge is 0.490 e. The van der Waals surface area contributed by atoms with E-state index in [2.05, 4.69) is 5.32 Å². The van der Waals surface area contributed by atoms with E-state index in [1.807, 2.05) is 0 Å². The molecule has 0 aliphatic heterocycles. The molecule has 7 nitrogen and oxygen atoms in total. The maximum atomic E-state index is 12.0. The molecule has 0 unspecified atom stereocenters.